The summed E-state index contributed by atoms with van der Waals surface area (Å²) >= 11 is 0. The van der Waals surface area contributed by atoms with Crippen LogP contribution in [0.25, 0.3) is 0 Å². The van der Waals surface area contributed by atoms with E-state index < -0.39 is 11.7 Å². The lowest BCUT2D eigenvalue weighted by Crippen LogP contribution is -2.50. The molecule has 0 saturated heterocycles. The summed E-state index contributed by atoms with van der Waals surface area (Å²) in [5.74, 6) is 0.947. The SMILES string of the molecule is COc1cnc2c(c1)N(C1CCC(NC(=O)OC(C)(C)C)CC1)C(=O)CO2. The van der Waals surface area contributed by atoms with Crippen molar-refractivity contribution in [2.45, 2.75) is 64.1 Å². The highest BCUT2D eigenvalue weighted by Crippen LogP contribution is 2.37. The Balaban J connectivity index is 1.64. The summed E-state index contributed by atoms with van der Waals surface area (Å²) in [5, 5.41) is 2.93. The highest BCUT2D eigenvalue weighted by Gasteiger charge is 2.35. The summed E-state index contributed by atoms with van der Waals surface area (Å²) in [7, 11) is 1.56. The number of rotatable bonds is 3. The Kier molecular flexibility index (Phi) is 5.43. The second kappa shape index (κ2) is 7.62. The van der Waals surface area contributed by atoms with Gasteiger partial charge >= 0.3 is 6.09 Å². The molecule has 0 radical (unpaired) electrons. The first-order valence-corrected chi connectivity index (χ1v) is 9.25. The molecule has 0 unspecified atom stereocenters. The topological polar surface area (TPSA) is 90.0 Å². The standard InChI is InChI=1S/C19H27N3O5/c1-19(2,3)27-18(24)21-12-5-7-13(8-6-12)22-15-9-14(25-4)10-20-17(15)26-11-16(22)23/h9-10,12-13H,5-8,11H2,1-4H3,(H,21,24). The van der Waals surface area contributed by atoms with E-state index in [-0.39, 0.29) is 24.6 Å². The number of nitrogens with one attached hydrogen (secondary N) is 1. The van der Waals surface area contributed by atoms with Crippen molar-refractivity contribution in [1.29, 1.82) is 0 Å². The van der Waals surface area contributed by atoms with Crippen LogP contribution >= 0.6 is 0 Å². The molecule has 0 spiro atoms. The predicted octanol–water partition coefficient (Wildman–Crippen LogP) is 2.65. The molecule has 0 aromatic carbocycles. The maximum atomic E-state index is 12.5. The Morgan fingerprint density at radius 1 is 1.30 bits per heavy atom. The highest BCUT2D eigenvalue weighted by atomic mass is 16.6. The van der Waals surface area contributed by atoms with Crippen LogP contribution in [0.1, 0.15) is 46.5 Å². The van der Waals surface area contributed by atoms with Crippen molar-refractivity contribution in [3.8, 4) is 11.6 Å². The van der Waals surface area contributed by atoms with E-state index in [2.05, 4.69) is 10.3 Å². The number of ether oxygens (including phenoxy) is 3. The van der Waals surface area contributed by atoms with Gasteiger partial charge in [0.15, 0.2) is 6.61 Å². The van der Waals surface area contributed by atoms with Gasteiger partial charge in [-0.25, -0.2) is 9.78 Å². The van der Waals surface area contributed by atoms with Gasteiger partial charge in [0.2, 0.25) is 5.88 Å². The number of carbonyl (C=O) groups is 2. The van der Waals surface area contributed by atoms with Crippen LogP contribution in [0.5, 0.6) is 11.6 Å². The fourth-order valence-electron chi connectivity index (χ4n) is 3.50. The molecule has 2 heterocycles. The van der Waals surface area contributed by atoms with E-state index in [9.17, 15) is 9.59 Å². The average Bonchev–Trinajstić information content (AvgIpc) is 2.60. The zero-order valence-electron chi connectivity index (χ0n) is 16.3. The Morgan fingerprint density at radius 2 is 2.00 bits per heavy atom. The molecule has 1 aromatic rings. The second-order valence-corrected chi connectivity index (χ2v) is 7.90. The Hall–Kier alpha value is -2.51. The van der Waals surface area contributed by atoms with Gasteiger partial charge in [-0.2, -0.15) is 0 Å². The van der Waals surface area contributed by atoms with E-state index in [1.165, 1.54) is 0 Å². The van der Waals surface area contributed by atoms with Crippen molar-refractivity contribution >= 4 is 17.7 Å². The third kappa shape index (κ3) is 4.61. The maximum absolute atomic E-state index is 12.5. The number of carbonyl (C=O) groups excluding carboxylic acids is 2. The lowest BCUT2D eigenvalue weighted by molar-refractivity contribution is -0.122. The summed E-state index contributed by atoms with van der Waals surface area (Å²) in [4.78, 5) is 30.5. The van der Waals surface area contributed by atoms with Crippen molar-refractivity contribution in [2.75, 3.05) is 18.6 Å². The quantitative estimate of drug-likeness (QED) is 0.871. The van der Waals surface area contributed by atoms with Crippen molar-refractivity contribution in [3.63, 3.8) is 0 Å². The molecule has 27 heavy (non-hydrogen) atoms. The molecule has 1 fully saturated rings. The van der Waals surface area contributed by atoms with Gasteiger partial charge in [-0.1, -0.05) is 0 Å². The molecule has 1 N–H and O–H groups in total. The van der Waals surface area contributed by atoms with Crippen molar-refractivity contribution in [1.82, 2.24) is 10.3 Å². The fourth-order valence-corrected chi connectivity index (χ4v) is 3.50. The fraction of sp³-hybridized carbons (Fsp3) is 0.632. The summed E-state index contributed by atoms with van der Waals surface area (Å²) in [6, 6.07) is 1.88. The van der Waals surface area contributed by atoms with Crippen LogP contribution in [0, 0.1) is 0 Å². The molecule has 148 valence electrons. The first-order valence-electron chi connectivity index (χ1n) is 9.25. The van der Waals surface area contributed by atoms with E-state index in [1.54, 1.807) is 24.3 Å². The van der Waals surface area contributed by atoms with E-state index in [0.717, 1.165) is 25.7 Å². The first kappa shape index (κ1) is 19.3. The summed E-state index contributed by atoms with van der Waals surface area (Å²) < 4.78 is 16.0. The zero-order chi connectivity index (χ0) is 19.6. The van der Waals surface area contributed by atoms with E-state index in [4.69, 9.17) is 14.2 Å². The van der Waals surface area contributed by atoms with Gasteiger partial charge in [-0.05, 0) is 46.5 Å². The molecule has 2 aliphatic rings. The van der Waals surface area contributed by atoms with Gasteiger partial charge in [0, 0.05) is 18.2 Å². The van der Waals surface area contributed by atoms with Crippen LogP contribution in [0.4, 0.5) is 10.5 Å². The normalized spacial score (nSPS) is 22.5. The number of pyridine rings is 1. The minimum atomic E-state index is -0.517. The summed E-state index contributed by atoms with van der Waals surface area (Å²) in [6.45, 7) is 5.51. The van der Waals surface area contributed by atoms with Crippen molar-refractivity contribution < 1.29 is 23.8 Å². The average molecular weight is 377 g/mol. The minimum absolute atomic E-state index is 0.0115. The molecule has 0 atom stereocenters. The number of fused-ring (bicyclic) bond motifs is 1. The number of nitrogens with zero attached hydrogens (tertiary/aromatic N) is 2. The van der Waals surface area contributed by atoms with E-state index in [0.29, 0.717) is 17.3 Å². The van der Waals surface area contributed by atoms with Gasteiger partial charge in [0.1, 0.15) is 17.0 Å². The number of methoxy groups -OCH3 is 1. The second-order valence-electron chi connectivity index (χ2n) is 7.90. The number of amides is 2. The van der Waals surface area contributed by atoms with Crippen LogP contribution in [-0.2, 0) is 9.53 Å². The number of aromatic nitrogens is 1. The molecule has 1 aliphatic carbocycles. The third-order valence-corrected chi connectivity index (χ3v) is 4.69. The molecule has 1 aromatic heterocycles. The van der Waals surface area contributed by atoms with E-state index in [1.807, 2.05) is 20.8 Å². The predicted molar refractivity (Wildman–Crippen MR) is 99.2 cm³/mol. The first-order chi connectivity index (χ1) is 12.8. The van der Waals surface area contributed by atoms with Gasteiger partial charge in [0.25, 0.3) is 5.91 Å². The Bertz CT molecular complexity index is 708. The molecule has 8 heteroatoms. The Morgan fingerprint density at radius 3 is 2.63 bits per heavy atom. The maximum Gasteiger partial charge on any atom is 0.407 e. The molecule has 0 bridgehead atoms. The lowest BCUT2D eigenvalue weighted by atomic mass is 9.89. The van der Waals surface area contributed by atoms with E-state index >= 15 is 0 Å². The summed E-state index contributed by atoms with van der Waals surface area (Å²) in [6.07, 6.45) is 4.30. The van der Waals surface area contributed by atoms with Gasteiger partial charge < -0.3 is 24.4 Å². The van der Waals surface area contributed by atoms with Crippen LogP contribution in [0.3, 0.4) is 0 Å². The summed E-state index contributed by atoms with van der Waals surface area (Å²) in [5.41, 5.74) is 0.131. The molecule has 3 rings (SSSR count). The molecule has 1 aliphatic heterocycles. The van der Waals surface area contributed by atoms with Gasteiger partial charge in [-0.3, -0.25) is 4.79 Å². The minimum Gasteiger partial charge on any atom is -0.495 e. The van der Waals surface area contributed by atoms with Crippen molar-refractivity contribution in [2.24, 2.45) is 0 Å². The molecular formula is C19H27N3O5. The number of hydrogen-bond donors (Lipinski definition) is 1. The zero-order valence-corrected chi connectivity index (χ0v) is 16.3. The van der Waals surface area contributed by atoms with Crippen LogP contribution in [0.15, 0.2) is 12.3 Å². The molecule has 2 amide bonds. The monoisotopic (exact) mass is 377 g/mol. The lowest BCUT2D eigenvalue weighted by Gasteiger charge is -2.39. The van der Waals surface area contributed by atoms with Crippen LogP contribution < -0.4 is 19.7 Å². The number of hydrogen-bond acceptors (Lipinski definition) is 6. The molecular weight excluding hydrogens is 350 g/mol. The van der Waals surface area contributed by atoms with Crippen molar-refractivity contribution in [3.05, 3.63) is 12.3 Å². The highest BCUT2D eigenvalue weighted by molar-refractivity contribution is 5.98. The largest absolute Gasteiger partial charge is 0.495 e. The smallest absolute Gasteiger partial charge is 0.407 e. The van der Waals surface area contributed by atoms with Crippen LogP contribution in [0.2, 0.25) is 0 Å². The van der Waals surface area contributed by atoms with Gasteiger partial charge in [0.05, 0.1) is 13.3 Å². The number of alkyl carbamates (subject to hydrolysis) is 1. The Labute approximate surface area is 159 Å². The molecule has 8 nitrogen and oxygen atoms in total. The molecule has 1 saturated carbocycles. The number of anilines is 1. The van der Waals surface area contributed by atoms with Crippen LogP contribution in [-0.4, -0.2) is 48.4 Å². The van der Waals surface area contributed by atoms with Gasteiger partial charge in [-0.15, -0.1) is 0 Å². The third-order valence-electron chi connectivity index (χ3n) is 4.69.